The summed E-state index contributed by atoms with van der Waals surface area (Å²) < 4.78 is 15.7. The van der Waals surface area contributed by atoms with Crippen LogP contribution in [0.2, 0.25) is 0 Å². The van der Waals surface area contributed by atoms with Gasteiger partial charge in [0.25, 0.3) is 0 Å². The minimum atomic E-state index is -0.228. The van der Waals surface area contributed by atoms with Crippen LogP contribution in [-0.2, 0) is 13.0 Å². The van der Waals surface area contributed by atoms with Gasteiger partial charge in [-0.1, -0.05) is 26.2 Å². The Balaban J connectivity index is 2.00. The molecule has 1 heterocycles. The monoisotopic (exact) mass is 308 g/mol. The van der Waals surface area contributed by atoms with Gasteiger partial charge in [0, 0.05) is 24.9 Å². The second-order valence-corrected chi connectivity index (χ2v) is 6.94. The highest BCUT2D eigenvalue weighted by molar-refractivity contribution is 6.17. The minimum absolute atomic E-state index is 0.228. The third kappa shape index (κ3) is 3.08. The van der Waals surface area contributed by atoms with Gasteiger partial charge in [-0.05, 0) is 30.4 Å². The first kappa shape index (κ1) is 14.8. The molecule has 0 radical (unpaired) electrons. The van der Waals surface area contributed by atoms with Crippen molar-refractivity contribution >= 4 is 22.6 Å². The lowest BCUT2D eigenvalue weighted by molar-refractivity contribution is 0.183. The maximum atomic E-state index is 13.4. The van der Waals surface area contributed by atoms with Crippen molar-refractivity contribution in [3.8, 4) is 0 Å². The van der Waals surface area contributed by atoms with Crippen LogP contribution in [0.3, 0.4) is 0 Å². The van der Waals surface area contributed by atoms with E-state index in [1.54, 1.807) is 0 Å². The van der Waals surface area contributed by atoms with E-state index in [0.717, 1.165) is 29.8 Å². The normalized spacial score (nSPS) is 18.2. The lowest BCUT2D eigenvalue weighted by Gasteiger charge is -2.34. The van der Waals surface area contributed by atoms with Crippen LogP contribution in [0.15, 0.2) is 18.2 Å². The molecule has 0 bridgehead atoms. The molecule has 0 aliphatic heterocycles. The largest absolute Gasteiger partial charge is 0.327 e. The molecule has 2 nitrogen and oxygen atoms in total. The highest BCUT2D eigenvalue weighted by Gasteiger charge is 2.28. The van der Waals surface area contributed by atoms with E-state index in [1.165, 1.54) is 44.2 Å². The first-order chi connectivity index (χ1) is 10.1. The standard InChI is InChI=1S/C17H22ClFN2/c1-17(8-3-2-4-9-17)12-21-15-6-5-13(19)11-14(15)20-16(21)7-10-18/h5-6,11H,2-4,7-10,12H2,1H3. The fraction of sp³-hybridized carbons (Fsp3) is 0.588. The van der Waals surface area contributed by atoms with Crippen molar-refractivity contribution < 1.29 is 4.39 Å². The molecule has 2 aromatic rings. The Morgan fingerprint density at radius 1 is 1.29 bits per heavy atom. The van der Waals surface area contributed by atoms with Crippen LogP contribution in [0.5, 0.6) is 0 Å². The van der Waals surface area contributed by atoms with Crippen LogP contribution in [-0.4, -0.2) is 15.4 Å². The van der Waals surface area contributed by atoms with Crippen molar-refractivity contribution in [3.63, 3.8) is 0 Å². The van der Waals surface area contributed by atoms with E-state index >= 15 is 0 Å². The molecule has 1 saturated carbocycles. The third-order valence-electron chi connectivity index (χ3n) is 4.71. The fourth-order valence-electron chi connectivity index (χ4n) is 3.55. The van der Waals surface area contributed by atoms with Crippen LogP contribution in [0, 0.1) is 11.2 Å². The first-order valence-corrected chi connectivity index (χ1v) is 8.35. The van der Waals surface area contributed by atoms with E-state index in [9.17, 15) is 4.39 Å². The summed E-state index contributed by atoms with van der Waals surface area (Å²) in [5.41, 5.74) is 2.10. The Kier molecular flexibility index (Phi) is 4.21. The lowest BCUT2D eigenvalue weighted by Crippen LogP contribution is -2.27. The van der Waals surface area contributed by atoms with E-state index in [0.29, 0.717) is 11.3 Å². The minimum Gasteiger partial charge on any atom is -0.327 e. The van der Waals surface area contributed by atoms with Gasteiger partial charge < -0.3 is 4.57 Å². The Hall–Kier alpha value is -1.09. The summed E-state index contributed by atoms with van der Waals surface area (Å²) in [7, 11) is 0. The maximum absolute atomic E-state index is 13.4. The molecule has 0 unspecified atom stereocenters. The van der Waals surface area contributed by atoms with Gasteiger partial charge in [-0.15, -0.1) is 11.6 Å². The predicted molar refractivity (Wildman–Crippen MR) is 85.3 cm³/mol. The van der Waals surface area contributed by atoms with Gasteiger partial charge >= 0.3 is 0 Å². The van der Waals surface area contributed by atoms with Gasteiger partial charge in [-0.2, -0.15) is 0 Å². The van der Waals surface area contributed by atoms with Crippen molar-refractivity contribution in [1.29, 1.82) is 0 Å². The number of halogens is 2. The Morgan fingerprint density at radius 2 is 2.05 bits per heavy atom. The molecule has 1 aliphatic carbocycles. The molecular formula is C17H22ClFN2. The molecule has 0 amide bonds. The number of rotatable bonds is 4. The molecule has 1 fully saturated rings. The fourth-order valence-corrected chi connectivity index (χ4v) is 3.72. The van der Waals surface area contributed by atoms with Crippen LogP contribution >= 0.6 is 11.6 Å². The number of nitrogens with zero attached hydrogens (tertiary/aromatic N) is 2. The summed E-state index contributed by atoms with van der Waals surface area (Å²) in [6.07, 6.45) is 7.21. The number of benzene rings is 1. The van der Waals surface area contributed by atoms with Crippen molar-refractivity contribution in [2.45, 2.75) is 52.0 Å². The van der Waals surface area contributed by atoms with E-state index in [1.807, 2.05) is 6.07 Å². The van der Waals surface area contributed by atoms with Crippen molar-refractivity contribution in [3.05, 3.63) is 29.8 Å². The third-order valence-corrected chi connectivity index (χ3v) is 4.90. The number of alkyl halides is 1. The average molecular weight is 309 g/mol. The van der Waals surface area contributed by atoms with Crippen molar-refractivity contribution in [2.24, 2.45) is 5.41 Å². The summed E-state index contributed by atoms with van der Waals surface area (Å²) in [5.74, 6) is 1.30. The highest BCUT2D eigenvalue weighted by atomic mass is 35.5. The summed E-state index contributed by atoms with van der Waals surface area (Å²) >= 11 is 5.92. The molecule has 3 rings (SSSR count). The molecule has 1 aromatic carbocycles. The topological polar surface area (TPSA) is 17.8 Å². The first-order valence-electron chi connectivity index (χ1n) is 7.82. The Labute approximate surface area is 130 Å². The summed E-state index contributed by atoms with van der Waals surface area (Å²) in [6, 6.07) is 4.89. The number of imidazole rings is 1. The SMILES string of the molecule is CC1(Cn2c(CCCl)nc3cc(F)ccc32)CCCCC1. The molecule has 1 aliphatic rings. The maximum Gasteiger partial charge on any atom is 0.125 e. The van der Waals surface area contributed by atoms with Gasteiger partial charge in [0.2, 0.25) is 0 Å². The lowest BCUT2D eigenvalue weighted by atomic mass is 9.75. The average Bonchev–Trinajstić information content (AvgIpc) is 2.76. The Bertz CT molecular complexity index is 629. The molecule has 4 heteroatoms. The predicted octanol–water partition coefficient (Wildman–Crippen LogP) is 4.93. The van der Waals surface area contributed by atoms with E-state index < -0.39 is 0 Å². The summed E-state index contributed by atoms with van der Waals surface area (Å²) in [5, 5.41) is 0. The van der Waals surface area contributed by atoms with Gasteiger partial charge in [-0.3, -0.25) is 0 Å². The molecule has 0 N–H and O–H groups in total. The van der Waals surface area contributed by atoms with E-state index in [4.69, 9.17) is 11.6 Å². The zero-order valence-corrected chi connectivity index (χ0v) is 13.3. The van der Waals surface area contributed by atoms with Gasteiger partial charge in [-0.25, -0.2) is 9.37 Å². The molecule has 0 atom stereocenters. The zero-order valence-electron chi connectivity index (χ0n) is 12.5. The van der Waals surface area contributed by atoms with Crippen molar-refractivity contribution in [2.75, 3.05) is 5.88 Å². The molecule has 114 valence electrons. The van der Waals surface area contributed by atoms with E-state index in [-0.39, 0.29) is 5.82 Å². The quantitative estimate of drug-likeness (QED) is 0.732. The highest BCUT2D eigenvalue weighted by Crippen LogP contribution is 2.38. The van der Waals surface area contributed by atoms with Gasteiger partial charge in [0.05, 0.1) is 11.0 Å². The number of aromatic nitrogens is 2. The molecule has 0 spiro atoms. The van der Waals surface area contributed by atoms with Crippen LogP contribution in [0.25, 0.3) is 11.0 Å². The number of fused-ring (bicyclic) bond motifs is 1. The van der Waals surface area contributed by atoms with Crippen LogP contribution in [0.4, 0.5) is 4.39 Å². The van der Waals surface area contributed by atoms with Crippen molar-refractivity contribution in [1.82, 2.24) is 9.55 Å². The number of aryl methyl sites for hydroxylation is 1. The number of hydrogen-bond acceptors (Lipinski definition) is 1. The smallest absolute Gasteiger partial charge is 0.125 e. The van der Waals surface area contributed by atoms with Crippen LogP contribution in [0.1, 0.15) is 44.9 Å². The zero-order chi connectivity index (χ0) is 14.9. The summed E-state index contributed by atoms with van der Waals surface area (Å²) in [4.78, 5) is 4.60. The molecular weight excluding hydrogens is 287 g/mol. The second-order valence-electron chi connectivity index (χ2n) is 6.56. The molecule has 0 saturated heterocycles. The molecule has 1 aromatic heterocycles. The molecule has 21 heavy (non-hydrogen) atoms. The second kappa shape index (κ2) is 5.96. The van der Waals surface area contributed by atoms with Gasteiger partial charge in [0.15, 0.2) is 0 Å². The van der Waals surface area contributed by atoms with E-state index in [2.05, 4.69) is 16.5 Å². The Morgan fingerprint density at radius 3 is 2.76 bits per heavy atom. The van der Waals surface area contributed by atoms with Gasteiger partial charge in [0.1, 0.15) is 11.6 Å². The van der Waals surface area contributed by atoms with Crippen LogP contribution < -0.4 is 0 Å². The number of hydrogen-bond donors (Lipinski definition) is 0. The summed E-state index contributed by atoms with van der Waals surface area (Å²) in [6.45, 7) is 3.33.